The summed E-state index contributed by atoms with van der Waals surface area (Å²) in [4.78, 5) is 21.5. The van der Waals surface area contributed by atoms with Gasteiger partial charge in [0.05, 0.1) is 22.1 Å². The minimum atomic E-state index is -0.628. The van der Waals surface area contributed by atoms with Gasteiger partial charge < -0.3 is 0 Å². The van der Waals surface area contributed by atoms with E-state index in [1.54, 1.807) is 6.92 Å². The molecular formula is C11H10N2O3. The van der Waals surface area contributed by atoms with Crippen molar-refractivity contribution in [3.05, 3.63) is 38.9 Å². The Bertz CT molecular complexity index is 501. The molecule has 0 bridgehead atoms. The SMILES string of the molecule is CCc1cc(C#N)cc([N+](=O)[O-])c1C(C)=O. The van der Waals surface area contributed by atoms with Crippen LogP contribution in [0.2, 0.25) is 0 Å². The molecule has 0 heterocycles. The number of rotatable bonds is 3. The van der Waals surface area contributed by atoms with E-state index in [-0.39, 0.29) is 22.6 Å². The smallest absolute Gasteiger partial charge is 0.281 e. The molecule has 0 radical (unpaired) electrons. The third-order valence-electron chi connectivity index (χ3n) is 2.26. The van der Waals surface area contributed by atoms with Gasteiger partial charge in [0.1, 0.15) is 0 Å². The maximum absolute atomic E-state index is 11.4. The zero-order valence-electron chi connectivity index (χ0n) is 8.98. The van der Waals surface area contributed by atoms with Gasteiger partial charge in [-0.15, -0.1) is 0 Å². The van der Waals surface area contributed by atoms with Gasteiger partial charge in [0.25, 0.3) is 5.69 Å². The number of nitro benzene ring substituents is 1. The molecule has 1 aromatic carbocycles. The fourth-order valence-corrected chi connectivity index (χ4v) is 1.58. The highest BCUT2D eigenvalue weighted by Gasteiger charge is 2.22. The van der Waals surface area contributed by atoms with Crippen LogP contribution in [0.4, 0.5) is 5.69 Å². The highest BCUT2D eigenvalue weighted by Crippen LogP contribution is 2.25. The van der Waals surface area contributed by atoms with E-state index in [1.807, 2.05) is 6.07 Å². The second-order valence-electron chi connectivity index (χ2n) is 3.31. The number of ketones is 1. The van der Waals surface area contributed by atoms with Crippen molar-refractivity contribution in [3.63, 3.8) is 0 Å². The molecule has 1 aromatic rings. The van der Waals surface area contributed by atoms with E-state index in [9.17, 15) is 14.9 Å². The lowest BCUT2D eigenvalue weighted by atomic mass is 9.97. The summed E-state index contributed by atoms with van der Waals surface area (Å²) in [7, 11) is 0. The minimum Gasteiger partial charge on any atom is -0.294 e. The van der Waals surface area contributed by atoms with Gasteiger partial charge >= 0.3 is 0 Å². The zero-order valence-corrected chi connectivity index (χ0v) is 8.98. The van der Waals surface area contributed by atoms with Crippen molar-refractivity contribution in [1.29, 1.82) is 5.26 Å². The molecule has 16 heavy (non-hydrogen) atoms. The summed E-state index contributed by atoms with van der Waals surface area (Å²) in [5.41, 5.74) is 0.557. The van der Waals surface area contributed by atoms with Crippen LogP contribution in [-0.4, -0.2) is 10.7 Å². The zero-order chi connectivity index (χ0) is 12.3. The maximum atomic E-state index is 11.4. The first-order valence-electron chi connectivity index (χ1n) is 4.73. The van der Waals surface area contributed by atoms with Gasteiger partial charge in [0.15, 0.2) is 5.78 Å². The quantitative estimate of drug-likeness (QED) is 0.442. The Balaban J connectivity index is 3.62. The summed E-state index contributed by atoms with van der Waals surface area (Å²) in [6.45, 7) is 3.07. The fraction of sp³-hybridized carbons (Fsp3) is 0.273. The molecule has 0 aliphatic heterocycles. The Morgan fingerprint density at radius 1 is 1.56 bits per heavy atom. The van der Waals surface area contributed by atoms with E-state index in [1.165, 1.54) is 13.0 Å². The summed E-state index contributed by atoms with van der Waals surface area (Å²) in [5.74, 6) is -0.354. The van der Waals surface area contributed by atoms with Crippen LogP contribution in [0.25, 0.3) is 0 Å². The number of carbonyl (C=O) groups excluding carboxylic acids is 1. The number of nitrogens with zero attached hydrogens (tertiary/aromatic N) is 2. The first-order valence-corrected chi connectivity index (χ1v) is 4.73. The van der Waals surface area contributed by atoms with Crippen LogP contribution in [0.1, 0.15) is 35.3 Å². The molecule has 0 atom stereocenters. The summed E-state index contributed by atoms with van der Waals surface area (Å²) < 4.78 is 0. The number of aryl methyl sites for hydroxylation is 1. The van der Waals surface area contributed by atoms with Gasteiger partial charge in [-0.2, -0.15) is 5.26 Å². The molecule has 0 spiro atoms. The first kappa shape index (κ1) is 11.9. The van der Waals surface area contributed by atoms with Gasteiger partial charge in [0, 0.05) is 6.07 Å². The lowest BCUT2D eigenvalue weighted by molar-refractivity contribution is -0.385. The molecule has 0 amide bonds. The van der Waals surface area contributed by atoms with E-state index in [4.69, 9.17) is 5.26 Å². The van der Waals surface area contributed by atoms with Crippen molar-refractivity contribution in [3.8, 4) is 6.07 Å². The molecule has 0 unspecified atom stereocenters. The van der Waals surface area contributed by atoms with Gasteiger partial charge in [-0.1, -0.05) is 6.92 Å². The molecular weight excluding hydrogens is 208 g/mol. The van der Waals surface area contributed by atoms with Crippen LogP contribution < -0.4 is 0 Å². The highest BCUT2D eigenvalue weighted by molar-refractivity contribution is 5.99. The van der Waals surface area contributed by atoms with Crippen molar-refractivity contribution in [2.75, 3.05) is 0 Å². The van der Waals surface area contributed by atoms with Crippen LogP contribution in [0.5, 0.6) is 0 Å². The normalized spacial score (nSPS) is 9.56. The molecule has 0 fully saturated rings. The Morgan fingerprint density at radius 3 is 2.56 bits per heavy atom. The lowest BCUT2D eigenvalue weighted by Crippen LogP contribution is -2.05. The Labute approximate surface area is 92.5 Å². The van der Waals surface area contributed by atoms with E-state index < -0.39 is 4.92 Å². The summed E-state index contributed by atoms with van der Waals surface area (Å²) in [6.07, 6.45) is 0.477. The van der Waals surface area contributed by atoms with Gasteiger partial charge in [-0.25, -0.2) is 0 Å². The highest BCUT2D eigenvalue weighted by atomic mass is 16.6. The molecule has 0 saturated heterocycles. The molecule has 5 heteroatoms. The maximum Gasteiger partial charge on any atom is 0.281 e. The minimum absolute atomic E-state index is 0.103. The van der Waals surface area contributed by atoms with Crippen LogP contribution in [-0.2, 0) is 6.42 Å². The van der Waals surface area contributed by atoms with Gasteiger partial charge in [0.2, 0.25) is 0 Å². The molecule has 82 valence electrons. The number of hydrogen-bond acceptors (Lipinski definition) is 4. The van der Waals surface area contributed by atoms with Crippen LogP contribution >= 0.6 is 0 Å². The van der Waals surface area contributed by atoms with E-state index in [0.717, 1.165) is 6.07 Å². The Morgan fingerprint density at radius 2 is 2.19 bits per heavy atom. The van der Waals surface area contributed by atoms with E-state index >= 15 is 0 Å². The number of nitriles is 1. The number of nitro groups is 1. The van der Waals surface area contributed by atoms with Crippen LogP contribution in [0, 0.1) is 21.4 Å². The average molecular weight is 218 g/mol. The fourth-order valence-electron chi connectivity index (χ4n) is 1.58. The molecule has 0 aromatic heterocycles. The summed E-state index contributed by atoms with van der Waals surface area (Å²) in [5, 5.41) is 19.5. The van der Waals surface area contributed by atoms with Crippen LogP contribution in [0.3, 0.4) is 0 Å². The van der Waals surface area contributed by atoms with E-state index in [0.29, 0.717) is 12.0 Å². The third-order valence-corrected chi connectivity index (χ3v) is 2.26. The molecule has 0 aliphatic rings. The third kappa shape index (κ3) is 2.06. The predicted octanol–water partition coefficient (Wildman–Crippen LogP) is 2.23. The first-order chi connectivity index (χ1) is 7.51. The predicted molar refractivity (Wildman–Crippen MR) is 57.2 cm³/mol. The monoisotopic (exact) mass is 218 g/mol. The second kappa shape index (κ2) is 4.53. The molecule has 1 rings (SSSR count). The topological polar surface area (TPSA) is 84.0 Å². The molecule has 0 aliphatic carbocycles. The van der Waals surface area contributed by atoms with Crippen molar-refractivity contribution in [2.45, 2.75) is 20.3 Å². The second-order valence-corrected chi connectivity index (χ2v) is 3.31. The standard InChI is InChI=1S/C11H10N2O3/c1-3-9-4-8(6-12)5-10(13(15)16)11(9)7(2)14/h4-5H,3H2,1-2H3. The number of hydrogen-bond donors (Lipinski definition) is 0. The Kier molecular flexibility index (Phi) is 3.36. The lowest BCUT2D eigenvalue weighted by Gasteiger charge is -2.05. The van der Waals surface area contributed by atoms with E-state index in [2.05, 4.69) is 0 Å². The van der Waals surface area contributed by atoms with Gasteiger partial charge in [-0.05, 0) is 25.0 Å². The summed E-state index contributed by atoms with van der Waals surface area (Å²) in [6, 6.07) is 4.50. The van der Waals surface area contributed by atoms with Crippen molar-refractivity contribution < 1.29 is 9.72 Å². The molecule has 0 N–H and O–H groups in total. The number of Topliss-reactive ketones (excluding diaryl/α,β-unsaturated/α-hetero) is 1. The Hall–Kier alpha value is -2.22. The number of carbonyl (C=O) groups is 1. The van der Waals surface area contributed by atoms with Crippen LogP contribution in [0.15, 0.2) is 12.1 Å². The molecule has 0 saturated carbocycles. The molecule has 5 nitrogen and oxygen atoms in total. The van der Waals surface area contributed by atoms with Crippen molar-refractivity contribution >= 4 is 11.5 Å². The average Bonchev–Trinajstić information content (AvgIpc) is 2.26. The summed E-state index contributed by atoms with van der Waals surface area (Å²) >= 11 is 0. The van der Waals surface area contributed by atoms with Gasteiger partial charge in [-0.3, -0.25) is 14.9 Å². The largest absolute Gasteiger partial charge is 0.294 e. The van der Waals surface area contributed by atoms with Crippen molar-refractivity contribution in [2.24, 2.45) is 0 Å². The number of benzene rings is 1. The van der Waals surface area contributed by atoms with Crippen molar-refractivity contribution in [1.82, 2.24) is 0 Å².